The summed E-state index contributed by atoms with van der Waals surface area (Å²) in [6, 6.07) is 1.64. The van der Waals surface area contributed by atoms with Crippen LogP contribution in [0.5, 0.6) is 11.5 Å². The maximum atomic E-state index is 10.3. The predicted molar refractivity (Wildman–Crippen MR) is 82.2 cm³/mol. The van der Waals surface area contributed by atoms with Gasteiger partial charge in [-0.3, -0.25) is 0 Å². The molecule has 124 valence electrons. The Morgan fingerprint density at radius 1 is 1.14 bits per heavy atom. The number of phenols is 1. The van der Waals surface area contributed by atoms with E-state index in [9.17, 15) is 15.3 Å². The normalized spacial score (nSPS) is 13.7. The molecule has 0 amide bonds. The molecule has 0 aliphatic rings. The van der Waals surface area contributed by atoms with Gasteiger partial charge in [-0.2, -0.15) is 0 Å². The van der Waals surface area contributed by atoms with Crippen molar-refractivity contribution in [1.29, 1.82) is 0 Å². The first-order valence-electron chi connectivity index (χ1n) is 7.07. The number of allylic oxidation sites excluding steroid dienone is 1. The average molecular weight is 312 g/mol. The minimum absolute atomic E-state index is 0.0111. The Bertz CT molecular complexity index is 500. The highest BCUT2D eigenvalue weighted by atomic mass is 16.5. The fourth-order valence-corrected chi connectivity index (χ4v) is 2.37. The minimum atomic E-state index is -1.04. The number of methoxy groups -OCH3 is 1. The van der Waals surface area contributed by atoms with Crippen LogP contribution >= 0.6 is 0 Å². The zero-order chi connectivity index (χ0) is 16.7. The third-order valence-electron chi connectivity index (χ3n) is 3.46. The minimum Gasteiger partial charge on any atom is -0.504 e. The highest BCUT2D eigenvalue weighted by molar-refractivity contribution is 5.54. The van der Waals surface area contributed by atoms with E-state index in [2.05, 4.69) is 6.58 Å². The third kappa shape index (κ3) is 4.45. The summed E-state index contributed by atoms with van der Waals surface area (Å²) in [4.78, 5) is 0. The van der Waals surface area contributed by atoms with E-state index >= 15 is 0 Å². The molecule has 0 heterocycles. The average Bonchev–Trinajstić information content (AvgIpc) is 2.52. The molecule has 6 nitrogen and oxygen atoms in total. The molecule has 0 bridgehead atoms. The van der Waals surface area contributed by atoms with Gasteiger partial charge in [-0.15, -0.1) is 6.58 Å². The van der Waals surface area contributed by atoms with Crippen molar-refractivity contribution in [3.05, 3.63) is 35.4 Å². The lowest BCUT2D eigenvalue weighted by atomic mass is 9.90. The van der Waals surface area contributed by atoms with Crippen molar-refractivity contribution >= 4 is 0 Å². The van der Waals surface area contributed by atoms with Crippen molar-refractivity contribution in [2.24, 2.45) is 0 Å². The number of hydrogen-bond donors (Lipinski definition) is 5. The molecule has 1 aromatic rings. The van der Waals surface area contributed by atoms with E-state index in [1.54, 1.807) is 12.1 Å². The van der Waals surface area contributed by atoms with Gasteiger partial charge in [-0.1, -0.05) is 6.08 Å². The second-order valence-corrected chi connectivity index (χ2v) is 5.12. The van der Waals surface area contributed by atoms with Crippen LogP contribution in [0.1, 0.15) is 16.7 Å². The number of aliphatic hydroxyl groups excluding tert-OH is 4. The maximum absolute atomic E-state index is 10.3. The van der Waals surface area contributed by atoms with E-state index in [1.807, 2.05) is 0 Å². The first kappa shape index (κ1) is 18.4. The van der Waals surface area contributed by atoms with Crippen molar-refractivity contribution < 1.29 is 30.3 Å². The van der Waals surface area contributed by atoms with Crippen LogP contribution in [0.3, 0.4) is 0 Å². The lowest BCUT2D eigenvalue weighted by Gasteiger charge is -2.21. The van der Waals surface area contributed by atoms with E-state index in [4.69, 9.17) is 14.9 Å². The summed E-state index contributed by atoms with van der Waals surface area (Å²) in [5.74, 6) is 0.113. The summed E-state index contributed by atoms with van der Waals surface area (Å²) in [5, 5.41) is 47.8. The fraction of sp³-hybridized carbons (Fsp3) is 0.500. The van der Waals surface area contributed by atoms with Gasteiger partial charge in [0, 0.05) is 18.4 Å². The van der Waals surface area contributed by atoms with E-state index in [1.165, 1.54) is 7.11 Å². The lowest BCUT2D eigenvalue weighted by molar-refractivity contribution is 0.0905. The number of rotatable bonds is 9. The molecule has 6 heteroatoms. The largest absolute Gasteiger partial charge is 0.504 e. The lowest BCUT2D eigenvalue weighted by Crippen LogP contribution is -2.21. The van der Waals surface area contributed by atoms with Gasteiger partial charge in [-0.25, -0.2) is 0 Å². The monoisotopic (exact) mass is 312 g/mol. The molecule has 0 aliphatic carbocycles. The number of hydrogen-bond acceptors (Lipinski definition) is 6. The summed E-state index contributed by atoms with van der Waals surface area (Å²) in [7, 11) is 1.42. The van der Waals surface area contributed by atoms with Gasteiger partial charge in [0.25, 0.3) is 0 Å². The van der Waals surface area contributed by atoms with Crippen LogP contribution in [-0.2, 0) is 19.3 Å². The number of benzene rings is 1. The molecular weight excluding hydrogens is 288 g/mol. The highest BCUT2D eigenvalue weighted by Crippen LogP contribution is 2.37. The SMILES string of the molecule is C=CCc1cc(OC)c(O)c(CC(O)CO)c1CC(O)CO. The van der Waals surface area contributed by atoms with Crippen LogP contribution < -0.4 is 4.74 Å². The molecule has 0 spiro atoms. The van der Waals surface area contributed by atoms with Gasteiger partial charge >= 0.3 is 0 Å². The van der Waals surface area contributed by atoms with E-state index in [-0.39, 0.29) is 24.3 Å². The Morgan fingerprint density at radius 3 is 2.14 bits per heavy atom. The molecule has 0 fully saturated rings. The van der Waals surface area contributed by atoms with E-state index < -0.39 is 25.4 Å². The molecule has 22 heavy (non-hydrogen) atoms. The first-order chi connectivity index (χ1) is 10.5. The maximum Gasteiger partial charge on any atom is 0.161 e. The Balaban J connectivity index is 3.42. The zero-order valence-electron chi connectivity index (χ0n) is 12.7. The van der Waals surface area contributed by atoms with Crippen molar-refractivity contribution in [2.45, 2.75) is 31.5 Å². The third-order valence-corrected chi connectivity index (χ3v) is 3.46. The Kier molecular flexibility index (Phi) is 7.34. The van der Waals surface area contributed by atoms with Crippen LogP contribution in [0.2, 0.25) is 0 Å². The first-order valence-corrected chi connectivity index (χ1v) is 7.07. The van der Waals surface area contributed by atoms with Gasteiger partial charge in [0.2, 0.25) is 0 Å². The van der Waals surface area contributed by atoms with Crippen LogP contribution in [0, 0.1) is 0 Å². The topological polar surface area (TPSA) is 110 Å². The van der Waals surface area contributed by atoms with Crippen molar-refractivity contribution in [2.75, 3.05) is 20.3 Å². The molecule has 1 rings (SSSR count). The predicted octanol–water partition coefficient (Wildman–Crippen LogP) is -0.0793. The van der Waals surface area contributed by atoms with Crippen molar-refractivity contribution in [1.82, 2.24) is 0 Å². The molecule has 2 unspecified atom stereocenters. The summed E-state index contributed by atoms with van der Waals surface area (Å²) < 4.78 is 5.13. The van der Waals surface area contributed by atoms with Crippen LogP contribution in [0.15, 0.2) is 18.7 Å². The molecule has 0 aliphatic heterocycles. The number of aromatic hydroxyl groups is 1. The summed E-state index contributed by atoms with van der Waals surface area (Å²) in [5.41, 5.74) is 1.79. The fourth-order valence-electron chi connectivity index (χ4n) is 2.37. The molecule has 5 N–H and O–H groups in total. The summed E-state index contributed by atoms with van der Waals surface area (Å²) in [6.07, 6.45) is 0.252. The van der Waals surface area contributed by atoms with Crippen LogP contribution in [0.4, 0.5) is 0 Å². The molecule has 1 aromatic carbocycles. The quantitative estimate of drug-likeness (QED) is 0.408. The van der Waals surface area contributed by atoms with Crippen LogP contribution in [-0.4, -0.2) is 58.1 Å². The summed E-state index contributed by atoms with van der Waals surface area (Å²) >= 11 is 0. The molecule has 2 atom stereocenters. The van der Waals surface area contributed by atoms with Gasteiger partial charge in [0.15, 0.2) is 11.5 Å². The van der Waals surface area contributed by atoms with Gasteiger partial charge < -0.3 is 30.3 Å². The second-order valence-electron chi connectivity index (χ2n) is 5.12. The number of ether oxygens (including phenoxy) is 1. The summed E-state index contributed by atoms with van der Waals surface area (Å²) in [6.45, 7) is 2.81. The van der Waals surface area contributed by atoms with Gasteiger partial charge in [0.1, 0.15) is 0 Å². The van der Waals surface area contributed by atoms with E-state index in [0.717, 1.165) is 5.56 Å². The standard InChI is InChI=1S/C16H24O6/c1-3-4-10-5-15(22-2)16(21)14(7-12(20)9-18)13(10)6-11(19)8-17/h3,5,11-12,17-21H,1,4,6-9H2,2H3. The Morgan fingerprint density at radius 2 is 1.68 bits per heavy atom. The molecule has 0 saturated carbocycles. The van der Waals surface area contributed by atoms with E-state index in [0.29, 0.717) is 17.5 Å². The zero-order valence-corrected chi connectivity index (χ0v) is 12.7. The Labute approximate surface area is 129 Å². The molecule has 0 aromatic heterocycles. The van der Waals surface area contributed by atoms with Crippen molar-refractivity contribution in [3.63, 3.8) is 0 Å². The second kappa shape index (κ2) is 8.75. The highest BCUT2D eigenvalue weighted by Gasteiger charge is 2.21. The van der Waals surface area contributed by atoms with Crippen molar-refractivity contribution in [3.8, 4) is 11.5 Å². The smallest absolute Gasteiger partial charge is 0.161 e. The molecule has 0 saturated heterocycles. The van der Waals surface area contributed by atoms with Crippen LogP contribution in [0.25, 0.3) is 0 Å². The Hall–Kier alpha value is -1.60. The number of phenolic OH excluding ortho intramolecular Hbond substituents is 1. The van der Waals surface area contributed by atoms with Gasteiger partial charge in [0.05, 0.1) is 32.5 Å². The van der Waals surface area contributed by atoms with Gasteiger partial charge in [-0.05, 0) is 23.6 Å². The molecular formula is C16H24O6. The number of aliphatic hydroxyl groups is 4. The molecule has 0 radical (unpaired) electrons.